The summed E-state index contributed by atoms with van der Waals surface area (Å²) in [6.45, 7) is 1.60. The summed E-state index contributed by atoms with van der Waals surface area (Å²) in [7, 11) is 0. The van der Waals surface area contributed by atoms with E-state index in [0.717, 1.165) is 5.56 Å². The van der Waals surface area contributed by atoms with Crippen LogP contribution >= 0.6 is 0 Å². The maximum Gasteiger partial charge on any atom is 0.134 e. The summed E-state index contributed by atoms with van der Waals surface area (Å²) < 4.78 is 0. The highest BCUT2D eigenvalue weighted by atomic mass is 16.4. The average molecular weight is 260 g/mol. The van der Waals surface area contributed by atoms with Crippen molar-refractivity contribution in [1.29, 1.82) is 0 Å². The van der Waals surface area contributed by atoms with Gasteiger partial charge in [0.2, 0.25) is 0 Å². The van der Waals surface area contributed by atoms with Gasteiger partial charge in [-0.1, -0.05) is 53.8 Å². The molecule has 1 aromatic rings. The molecular formula is C15H20N2O2. The molecular weight excluding hydrogens is 240 g/mol. The Morgan fingerprint density at radius 2 is 1.63 bits per heavy atom. The second-order valence-corrected chi connectivity index (χ2v) is 5.09. The Bertz CT molecular complexity index is 471. The first-order valence-electron chi connectivity index (χ1n) is 6.77. The third kappa shape index (κ3) is 3.13. The molecule has 4 heteroatoms. The summed E-state index contributed by atoms with van der Waals surface area (Å²) >= 11 is 0. The van der Waals surface area contributed by atoms with E-state index in [4.69, 9.17) is 10.4 Å². The lowest BCUT2D eigenvalue weighted by Gasteiger charge is -2.22. The maximum absolute atomic E-state index is 9.00. The van der Waals surface area contributed by atoms with Crippen LogP contribution in [0.15, 0.2) is 34.6 Å². The molecule has 1 aliphatic rings. The summed E-state index contributed by atoms with van der Waals surface area (Å²) in [5.41, 5.74) is 2.71. The standard InChI is InChI=1S/C15H20N2O2/c1-11(16-18)15(17-19)14-9-7-13(8-10-14)12-5-3-2-4-6-12/h7-10,12,18-19H,2-6H2,1H3/b16-11+,17-15+. The molecule has 0 radical (unpaired) electrons. The number of rotatable bonds is 3. The van der Waals surface area contributed by atoms with Gasteiger partial charge in [0.1, 0.15) is 11.4 Å². The van der Waals surface area contributed by atoms with E-state index in [1.807, 2.05) is 12.1 Å². The van der Waals surface area contributed by atoms with E-state index < -0.39 is 0 Å². The first kappa shape index (κ1) is 13.6. The lowest BCUT2D eigenvalue weighted by atomic mass is 9.84. The van der Waals surface area contributed by atoms with Crippen LogP contribution in [-0.2, 0) is 0 Å². The Balaban J connectivity index is 2.18. The van der Waals surface area contributed by atoms with Crippen molar-refractivity contribution in [3.63, 3.8) is 0 Å². The van der Waals surface area contributed by atoms with Gasteiger partial charge >= 0.3 is 0 Å². The van der Waals surface area contributed by atoms with E-state index in [1.165, 1.54) is 37.7 Å². The molecule has 0 aliphatic heterocycles. The summed E-state index contributed by atoms with van der Waals surface area (Å²) in [5.74, 6) is 0.657. The average Bonchev–Trinajstić information content (AvgIpc) is 2.49. The van der Waals surface area contributed by atoms with E-state index in [0.29, 0.717) is 17.3 Å². The Kier molecular flexibility index (Phi) is 4.55. The third-order valence-corrected chi connectivity index (χ3v) is 3.85. The lowest BCUT2D eigenvalue weighted by molar-refractivity contribution is 0.314. The summed E-state index contributed by atoms with van der Waals surface area (Å²) in [4.78, 5) is 0. The Hall–Kier alpha value is -1.84. The molecule has 1 aliphatic carbocycles. The zero-order valence-corrected chi connectivity index (χ0v) is 11.2. The van der Waals surface area contributed by atoms with E-state index in [2.05, 4.69) is 22.4 Å². The quantitative estimate of drug-likeness (QED) is 0.493. The van der Waals surface area contributed by atoms with Crippen LogP contribution in [0.2, 0.25) is 0 Å². The predicted octanol–water partition coefficient (Wildman–Crippen LogP) is 3.76. The zero-order valence-electron chi connectivity index (χ0n) is 11.2. The molecule has 1 aromatic carbocycles. The molecule has 2 rings (SSSR count). The van der Waals surface area contributed by atoms with Crippen molar-refractivity contribution >= 4 is 11.4 Å². The van der Waals surface area contributed by atoms with Gasteiger partial charge < -0.3 is 10.4 Å². The third-order valence-electron chi connectivity index (χ3n) is 3.85. The molecule has 4 nitrogen and oxygen atoms in total. The van der Waals surface area contributed by atoms with E-state index >= 15 is 0 Å². The highest BCUT2D eigenvalue weighted by Gasteiger charge is 2.16. The number of hydrogen-bond donors (Lipinski definition) is 2. The fraction of sp³-hybridized carbons (Fsp3) is 0.467. The highest BCUT2D eigenvalue weighted by Crippen LogP contribution is 2.32. The fourth-order valence-corrected chi connectivity index (χ4v) is 2.74. The molecule has 2 N–H and O–H groups in total. The first-order valence-corrected chi connectivity index (χ1v) is 6.77. The topological polar surface area (TPSA) is 65.2 Å². The number of hydrogen-bond acceptors (Lipinski definition) is 4. The van der Waals surface area contributed by atoms with Crippen LogP contribution in [0, 0.1) is 0 Å². The van der Waals surface area contributed by atoms with Crippen molar-refractivity contribution in [2.75, 3.05) is 0 Å². The fourth-order valence-electron chi connectivity index (χ4n) is 2.74. The van der Waals surface area contributed by atoms with Gasteiger partial charge in [0.05, 0.1) is 0 Å². The molecule has 0 atom stereocenters. The monoisotopic (exact) mass is 260 g/mol. The largest absolute Gasteiger partial charge is 0.411 e. The number of oxime groups is 2. The second-order valence-electron chi connectivity index (χ2n) is 5.09. The van der Waals surface area contributed by atoms with Crippen molar-refractivity contribution < 1.29 is 10.4 Å². The minimum absolute atomic E-state index is 0.299. The molecule has 0 saturated heterocycles. The van der Waals surface area contributed by atoms with Crippen LogP contribution in [0.25, 0.3) is 0 Å². The molecule has 0 amide bonds. The predicted molar refractivity (Wildman–Crippen MR) is 75.5 cm³/mol. The molecule has 102 valence electrons. The second kappa shape index (κ2) is 6.36. The zero-order chi connectivity index (χ0) is 13.7. The van der Waals surface area contributed by atoms with Gasteiger partial charge in [0.15, 0.2) is 0 Å². The molecule has 0 aromatic heterocycles. The van der Waals surface area contributed by atoms with Gasteiger partial charge in [-0.15, -0.1) is 0 Å². The minimum Gasteiger partial charge on any atom is -0.411 e. The van der Waals surface area contributed by atoms with Crippen LogP contribution in [0.5, 0.6) is 0 Å². The molecule has 1 saturated carbocycles. The van der Waals surface area contributed by atoms with Crippen LogP contribution in [-0.4, -0.2) is 21.8 Å². The van der Waals surface area contributed by atoms with Gasteiger partial charge in [-0.05, 0) is 31.2 Å². The van der Waals surface area contributed by atoms with Gasteiger partial charge in [0.25, 0.3) is 0 Å². The maximum atomic E-state index is 9.00. The molecule has 0 unspecified atom stereocenters. The van der Waals surface area contributed by atoms with E-state index in [9.17, 15) is 0 Å². The van der Waals surface area contributed by atoms with Gasteiger partial charge in [-0.2, -0.15) is 0 Å². The van der Waals surface area contributed by atoms with Gasteiger partial charge in [-0.3, -0.25) is 0 Å². The van der Waals surface area contributed by atoms with Crippen molar-refractivity contribution in [1.82, 2.24) is 0 Å². The van der Waals surface area contributed by atoms with E-state index in [1.54, 1.807) is 6.92 Å². The van der Waals surface area contributed by atoms with E-state index in [-0.39, 0.29) is 0 Å². The summed E-state index contributed by atoms with van der Waals surface area (Å²) in [5, 5.41) is 24.0. The molecule has 1 fully saturated rings. The molecule has 0 bridgehead atoms. The summed E-state index contributed by atoms with van der Waals surface area (Å²) in [6.07, 6.45) is 6.50. The smallest absolute Gasteiger partial charge is 0.134 e. The number of nitrogens with zero attached hydrogens (tertiary/aromatic N) is 2. The van der Waals surface area contributed by atoms with Crippen LogP contribution in [0.1, 0.15) is 56.1 Å². The normalized spacial score (nSPS) is 18.6. The Morgan fingerprint density at radius 1 is 1.00 bits per heavy atom. The lowest BCUT2D eigenvalue weighted by Crippen LogP contribution is -2.12. The SMILES string of the molecule is CC(=N\O)/C(=N\O)c1ccc(C2CCCCC2)cc1. The minimum atomic E-state index is 0.299. The first-order chi connectivity index (χ1) is 9.26. The van der Waals surface area contributed by atoms with Gasteiger partial charge in [-0.25, -0.2) is 0 Å². The highest BCUT2D eigenvalue weighted by molar-refractivity contribution is 6.47. The Labute approximate surface area is 113 Å². The summed E-state index contributed by atoms with van der Waals surface area (Å²) in [6, 6.07) is 8.02. The van der Waals surface area contributed by atoms with Crippen LogP contribution in [0.3, 0.4) is 0 Å². The van der Waals surface area contributed by atoms with Crippen molar-refractivity contribution in [3.8, 4) is 0 Å². The molecule has 19 heavy (non-hydrogen) atoms. The molecule has 0 heterocycles. The molecule has 0 spiro atoms. The van der Waals surface area contributed by atoms with Crippen LogP contribution < -0.4 is 0 Å². The van der Waals surface area contributed by atoms with Crippen molar-refractivity contribution in [3.05, 3.63) is 35.4 Å². The van der Waals surface area contributed by atoms with Crippen molar-refractivity contribution in [2.45, 2.75) is 44.9 Å². The van der Waals surface area contributed by atoms with Crippen molar-refractivity contribution in [2.24, 2.45) is 10.3 Å². The van der Waals surface area contributed by atoms with Crippen LogP contribution in [0.4, 0.5) is 0 Å². The number of benzene rings is 1. The van der Waals surface area contributed by atoms with Gasteiger partial charge in [0, 0.05) is 5.56 Å². The Morgan fingerprint density at radius 3 is 2.16 bits per heavy atom.